The van der Waals surface area contributed by atoms with Crippen molar-refractivity contribution in [1.82, 2.24) is 0 Å². The van der Waals surface area contributed by atoms with Crippen molar-refractivity contribution in [3.63, 3.8) is 0 Å². The van der Waals surface area contributed by atoms with E-state index >= 15 is 0 Å². The number of nitrogens with zero attached hydrogens (tertiary/aromatic N) is 2. The van der Waals surface area contributed by atoms with Crippen LogP contribution in [0, 0.1) is 0 Å². The topological polar surface area (TPSA) is 124 Å². The number of aliphatic hydroxyl groups is 2. The van der Waals surface area contributed by atoms with Crippen molar-refractivity contribution < 1.29 is 51.6 Å². The molecule has 1 fully saturated rings. The minimum absolute atomic E-state index is 0. The fourth-order valence-electron chi connectivity index (χ4n) is 4.63. The van der Waals surface area contributed by atoms with E-state index in [0.29, 0.717) is 22.6 Å². The second-order valence-corrected chi connectivity index (χ2v) is 13.9. The van der Waals surface area contributed by atoms with Crippen LogP contribution in [0.2, 0.25) is 0 Å². The van der Waals surface area contributed by atoms with Crippen LogP contribution in [0.25, 0.3) is 0 Å². The van der Waals surface area contributed by atoms with Gasteiger partial charge in [-0.05, 0) is 75.6 Å². The van der Waals surface area contributed by atoms with Crippen LogP contribution in [0.5, 0.6) is 23.0 Å². The van der Waals surface area contributed by atoms with Crippen molar-refractivity contribution in [3.05, 3.63) is 46.5 Å². The Morgan fingerprint density at radius 3 is 1.20 bits per heavy atom. The summed E-state index contributed by atoms with van der Waals surface area (Å²) >= 11 is 0. The van der Waals surface area contributed by atoms with E-state index in [-0.39, 0.29) is 68.3 Å². The number of rotatable bonds is 6. The molecule has 0 aliphatic heterocycles. The molecule has 0 unspecified atom stereocenters. The second-order valence-electron chi connectivity index (χ2n) is 13.9. The summed E-state index contributed by atoms with van der Waals surface area (Å²) in [5.41, 5.74) is 2.47. The van der Waals surface area contributed by atoms with E-state index in [4.69, 9.17) is 29.7 Å². The molecule has 0 bridgehead atoms. The molecule has 4 N–H and O–H groups in total. The first kappa shape index (κ1) is 42.6. The molecule has 1 aliphatic rings. The molecule has 8 nitrogen and oxygen atoms in total. The maximum absolute atomic E-state index is 10.9. The van der Waals surface area contributed by atoms with Crippen LogP contribution in [-0.4, -0.2) is 71.4 Å². The molecule has 0 aromatic heterocycles. The third-order valence-corrected chi connectivity index (χ3v) is 6.82. The van der Waals surface area contributed by atoms with Crippen molar-refractivity contribution in [2.45, 2.75) is 130 Å². The predicted octanol–water partition coefficient (Wildman–Crippen LogP) is 7.33. The molecule has 3 rings (SSSR count). The predicted molar refractivity (Wildman–Crippen MR) is 183 cm³/mol. The number of hydrogen-bond acceptors (Lipinski definition) is 8. The van der Waals surface area contributed by atoms with Gasteiger partial charge in [-0.15, -0.1) is 0 Å². The summed E-state index contributed by atoms with van der Waals surface area (Å²) < 4.78 is 11.0. The molecular formula is C36H58N2O6Ti. The van der Waals surface area contributed by atoms with Crippen LogP contribution in [0.1, 0.15) is 117 Å². The van der Waals surface area contributed by atoms with Crippen molar-refractivity contribution in [2.75, 3.05) is 14.2 Å². The number of aromatic hydroxyl groups is 2. The number of hydrogen-bond donors (Lipinski definition) is 4. The Balaban J connectivity index is 0.00000192. The van der Waals surface area contributed by atoms with Crippen LogP contribution in [0.4, 0.5) is 0 Å². The summed E-state index contributed by atoms with van der Waals surface area (Å²) in [7, 11) is 3.26. The van der Waals surface area contributed by atoms with Crippen LogP contribution < -0.4 is 9.47 Å². The van der Waals surface area contributed by atoms with Gasteiger partial charge in [-0.25, -0.2) is 0 Å². The average Bonchev–Trinajstić information content (AvgIpc) is 2.90. The zero-order valence-electron chi connectivity index (χ0n) is 29.6. The largest absolute Gasteiger partial charge is 0.507 e. The molecule has 0 heterocycles. The number of aliphatic imine (C=N–C) groups is 2. The Morgan fingerprint density at radius 1 is 0.667 bits per heavy atom. The van der Waals surface area contributed by atoms with Crippen molar-refractivity contribution in [3.8, 4) is 23.0 Å². The van der Waals surface area contributed by atoms with Gasteiger partial charge in [0, 0.05) is 68.6 Å². The van der Waals surface area contributed by atoms with E-state index in [2.05, 4.69) is 41.5 Å². The van der Waals surface area contributed by atoms with Gasteiger partial charge in [-0.3, -0.25) is 9.98 Å². The minimum Gasteiger partial charge on any atom is -0.507 e. The Bertz CT molecular complexity index is 1130. The third-order valence-electron chi connectivity index (χ3n) is 6.82. The first-order chi connectivity index (χ1) is 20.3. The van der Waals surface area contributed by atoms with E-state index < -0.39 is 0 Å². The van der Waals surface area contributed by atoms with Gasteiger partial charge in [-0.2, -0.15) is 0 Å². The van der Waals surface area contributed by atoms with E-state index in [1.807, 2.05) is 24.3 Å². The molecule has 0 radical (unpaired) electrons. The molecule has 1 aliphatic carbocycles. The molecule has 1 saturated carbocycles. The Hall–Kier alpha value is -2.39. The van der Waals surface area contributed by atoms with Crippen LogP contribution in [-0.2, 0) is 32.5 Å². The normalized spacial score (nSPS) is 17.0. The molecule has 2 aromatic rings. The summed E-state index contributed by atoms with van der Waals surface area (Å²) in [6.45, 7) is 19.3. The average molecular weight is 663 g/mol. The van der Waals surface area contributed by atoms with E-state index in [9.17, 15) is 10.2 Å². The SMILES string of the molecule is CC(C)O.CC(C)O.COc1cc(C=N[C@@H]2CCCC[C@H]2N=Cc2cc(OC)cc(C(C)(C)C)c2O)c(O)c(C(C)(C)C)c1.[Ti]. The molecule has 0 spiro atoms. The minimum atomic E-state index is -0.233. The Labute approximate surface area is 286 Å². The van der Waals surface area contributed by atoms with Crippen LogP contribution in [0.15, 0.2) is 34.3 Å². The second kappa shape index (κ2) is 19.3. The maximum atomic E-state index is 10.9. The summed E-state index contributed by atoms with van der Waals surface area (Å²) in [6.07, 6.45) is 7.20. The third kappa shape index (κ3) is 14.7. The zero-order valence-corrected chi connectivity index (χ0v) is 31.2. The van der Waals surface area contributed by atoms with E-state index in [1.165, 1.54) is 0 Å². The van der Waals surface area contributed by atoms with E-state index in [0.717, 1.165) is 36.8 Å². The monoisotopic (exact) mass is 662 g/mol. The van der Waals surface area contributed by atoms with Gasteiger partial charge in [0.2, 0.25) is 0 Å². The molecule has 0 saturated heterocycles. The molecular weight excluding hydrogens is 604 g/mol. The Kier molecular flexibility index (Phi) is 18.3. The first-order valence-corrected chi connectivity index (χ1v) is 15.6. The van der Waals surface area contributed by atoms with Crippen molar-refractivity contribution >= 4 is 12.4 Å². The Morgan fingerprint density at radius 2 is 0.956 bits per heavy atom. The molecule has 2 atom stereocenters. The summed E-state index contributed by atoms with van der Waals surface area (Å²) in [4.78, 5) is 9.76. The van der Waals surface area contributed by atoms with Gasteiger partial charge in [0.25, 0.3) is 0 Å². The van der Waals surface area contributed by atoms with Crippen molar-refractivity contribution in [2.24, 2.45) is 9.98 Å². The summed E-state index contributed by atoms with van der Waals surface area (Å²) in [6, 6.07) is 7.39. The summed E-state index contributed by atoms with van der Waals surface area (Å²) in [5.74, 6) is 1.86. The van der Waals surface area contributed by atoms with Crippen LogP contribution >= 0.6 is 0 Å². The molecule has 9 heteroatoms. The van der Waals surface area contributed by atoms with Crippen LogP contribution in [0.3, 0.4) is 0 Å². The standard InChI is InChI=1S/C30H42N2O4.2C3H8O.Ti/c1-29(2,3)23-15-21(35-7)13-19(27(23)33)17-31-25-11-9-10-12-26(25)32-18-20-14-22(36-8)16-24(28(20)34)30(4,5)6;2*1-3(2)4;/h13-18,25-26,33-34H,9-12H2,1-8H3;2*3-4H,1-2H3;/t25-,26-;;;/m1.../s1. The molecule has 2 aromatic carbocycles. The van der Waals surface area contributed by atoms with Gasteiger partial charge in [-0.1, -0.05) is 54.4 Å². The number of aliphatic hydroxyl groups excluding tert-OH is 2. The first-order valence-electron chi connectivity index (χ1n) is 15.6. The smallest absolute Gasteiger partial charge is 0.128 e. The quantitative estimate of drug-likeness (QED) is 0.190. The molecule has 45 heavy (non-hydrogen) atoms. The zero-order chi connectivity index (χ0) is 33.8. The van der Waals surface area contributed by atoms with Gasteiger partial charge in [0.15, 0.2) is 0 Å². The summed E-state index contributed by atoms with van der Waals surface area (Å²) in [5, 5.41) is 38.0. The fourth-order valence-corrected chi connectivity index (χ4v) is 4.63. The van der Waals surface area contributed by atoms with E-state index in [1.54, 1.807) is 54.3 Å². The number of benzene rings is 2. The number of phenolic OH excluding ortho intramolecular Hbond substituents is 2. The molecule has 0 amide bonds. The number of methoxy groups -OCH3 is 2. The number of ether oxygens (including phenoxy) is 2. The van der Waals surface area contributed by atoms with Gasteiger partial charge in [0.1, 0.15) is 23.0 Å². The van der Waals surface area contributed by atoms with Gasteiger partial charge in [0.05, 0.1) is 26.3 Å². The molecule has 252 valence electrons. The van der Waals surface area contributed by atoms with Gasteiger partial charge >= 0.3 is 0 Å². The number of phenols is 2. The maximum Gasteiger partial charge on any atom is 0.128 e. The van der Waals surface area contributed by atoms with Crippen molar-refractivity contribution in [1.29, 1.82) is 0 Å². The van der Waals surface area contributed by atoms with Gasteiger partial charge < -0.3 is 29.9 Å². The fraction of sp³-hybridized carbons (Fsp3) is 0.611.